The molecule has 8 heteroatoms. The third-order valence-electron chi connectivity index (χ3n) is 3.09. The maximum Gasteiger partial charge on any atom is 0.248 e. The Kier molecular flexibility index (Phi) is 4.73. The van der Waals surface area contributed by atoms with Crippen molar-refractivity contribution in [1.29, 1.82) is 0 Å². The fourth-order valence-electron chi connectivity index (χ4n) is 1.97. The molecule has 116 valence electrons. The molecule has 0 saturated heterocycles. The molecule has 0 atom stereocenters. The molecule has 2 N–H and O–H groups in total. The van der Waals surface area contributed by atoms with Crippen molar-refractivity contribution in [3.05, 3.63) is 64.1 Å². The van der Waals surface area contributed by atoms with Crippen molar-refractivity contribution >= 4 is 33.6 Å². The molecule has 0 radical (unpaired) electrons. The Bertz CT molecular complexity index is 834. The van der Waals surface area contributed by atoms with E-state index in [1.54, 1.807) is 28.9 Å². The van der Waals surface area contributed by atoms with Gasteiger partial charge in [0.05, 0.1) is 5.69 Å². The van der Waals surface area contributed by atoms with Crippen LogP contribution in [0.1, 0.15) is 15.9 Å². The van der Waals surface area contributed by atoms with E-state index in [1.165, 1.54) is 17.3 Å². The Morgan fingerprint density at radius 1 is 1.22 bits per heavy atom. The van der Waals surface area contributed by atoms with Gasteiger partial charge in [0.2, 0.25) is 11.1 Å². The normalized spacial score (nSPS) is 10.7. The average Bonchev–Trinajstić information content (AvgIpc) is 3.01. The van der Waals surface area contributed by atoms with E-state index in [9.17, 15) is 4.79 Å². The van der Waals surface area contributed by atoms with Gasteiger partial charge in [0.1, 0.15) is 0 Å². The molecule has 2 aromatic carbocycles. The number of halogens is 1. The third-order valence-corrected chi connectivity index (χ3v) is 4.58. The van der Waals surface area contributed by atoms with Crippen LogP contribution in [0.4, 0.5) is 0 Å². The number of nitrogens with zero attached hydrogens (tertiary/aromatic N) is 4. The van der Waals surface area contributed by atoms with Crippen LogP contribution in [0, 0.1) is 0 Å². The van der Waals surface area contributed by atoms with E-state index >= 15 is 0 Å². The molecule has 3 aromatic rings. The number of nitrogens with two attached hydrogens (primary N) is 1. The SMILES string of the molecule is NC(=O)c1ccc(-n2nnnc2SCc2cccc(Br)c2)cc1. The molecule has 0 aliphatic rings. The summed E-state index contributed by atoms with van der Waals surface area (Å²) in [6.07, 6.45) is 0. The van der Waals surface area contributed by atoms with E-state index in [4.69, 9.17) is 5.73 Å². The number of carbonyl (C=O) groups is 1. The number of benzene rings is 2. The van der Waals surface area contributed by atoms with Crippen LogP contribution in [0.15, 0.2) is 58.2 Å². The molecule has 0 aliphatic heterocycles. The summed E-state index contributed by atoms with van der Waals surface area (Å²) >= 11 is 4.99. The summed E-state index contributed by atoms with van der Waals surface area (Å²) in [5, 5.41) is 12.5. The predicted octanol–water partition coefficient (Wildman–Crippen LogP) is 2.82. The first-order valence-electron chi connectivity index (χ1n) is 6.69. The van der Waals surface area contributed by atoms with Crippen molar-refractivity contribution in [1.82, 2.24) is 20.2 Å². The van der Waals surface area contributed by atoms with Crippen LogP contribution in [0.5, 0.6) is 0 Å². The van der Waals surface area contributed by atoms with Gasteiger partial charge in [-0.1, -0.05) is 39.8 Å². The average molecular weight is 390 g/mol. The number of hydrogen-bond donors (Lipinski definition) is 1. The van der Waals surface area contributed by atoms with Crippen molar-refractivity contribution in [3.8, 4) is 5.69 Å². The van der Waals surface area contributed by atoms with Crippen LogP contribution in [-0.2, 0) is 5.75 Å². The predicted molar refractivity (Wildman–Crippen MR) is 91.4 cm³/mol. The zero-order chi connectivity index (χ0) is 16.2. The maximum atomic E-state index is 11.1. The second-order valence-electron chi connectivity index (χ2n) is 4.70. The quantitative estimate of drug-likeness (QED) is 0.677. The van der Waals surface area contributed by atoms with Crippen molar-refractivity contribution < 1.29 is 4.79 Å². The van der Waals surface area contributed by atoms with Gasteiger partial charge in [-0.2, -0.15) is 4.68 Å². The van der Waals surface area contributed by atoms with Gasteiger partial charge in [-0.25, -0.2) is 0 Å². The minimum atomic E-state index is -0.461. The van der Waals surface area contributed by atoms with Gasteiger partial charge < -0.3 is 5.73 Å². The number of thioether (sulfide) groups is 1. The van der Waals surface area contributed by atoms with Crippen molar-refractivity contribution in [3.63, 3.8) is 0 Å². The molecule has 1 aromatic heterocycles. The Balaban J connectivity index is 1.78. The van der Waals surface area contributed by atoms with Crippen LogP contribution < -0.4 is 5.73 Å². The molecule has 23 heavy (non-hydrogen) atoms. The molecule has 1 heterocycles. The monoisotopic (exact) mass is 389 g/mol. The lowest BCUT2D eigenvalue weighted by Gasteiger charge is -2.05. The zero-order valence-electron chi connectivity index (χ0n) is 11.9. The van der Waals surface area contributed by atoms with E-state index in [-0.39, 0.29) is 0 Å². The molecule has 0 spiro atoms. The first-order chi connectivity index (χ1) is 11.1. The lowest BCUT2D eigenvalue weighted by Crippen LogP contribution is -2.10. The number of carbonyl (C=O) groups excluding carboxylic acids is 1. The fourth-order valence-corrected chi connectivity index (χ4v) is 3.25. The van der Waals surface area contributed by atoms with Gasteiger partial charge in [0, 0.05) is 15.8 Å². The number of tetrazole rings is 1. The fraction of sp³-hybridized carbons (Fsp3) is 0.0667. The lowest BCUT2D eigenvalue weighted by molar-refractivity contribution is 0.100. The Labute approximate surface area is 145 Å². The van der Waals surface area contributed by atoms with Gasteiger partial charge in [-0.3, -0.25) is 4.79 Å². The summed E-state index contributed by atoms with van der Waals surface area (Å²) in [6, 6.07) is 14.9. The van der Waals surface area contributed by atoms with Crippen LogP contribution in [0.2, 0.25) is 0 Å². The summed E-state index contributed by atoms with van der Waals surface area (Å²) in [7, 11) is 0. The number of primary amides is 1. The molecule has 0 bridgehead atoms. The van der Waals surface area contributed by atoms with Gasteiger partial charge >= 0.3 is 0 Å². The van der Waals surface area contributed by atoms with Crippen molar-refractivity contribution in [2.24, 2.45) is 5.73 Å². The second kappa shape index (κ2) is 6.93. The summed E-state index contributed by atoms with van der Waals surface area (Å²) in [4.78, 5) is 11.1. The van der Waals surface area contributed by atoms with E-state index in [0.717, 1.165) is 15.9 Å². The minimum absolute atomic E-state index is 0.449. The lowest BCUT2D eigenvalue weighted by atomic mass is 10.2. The molecular formula is C15H12BrN5OS. The minimum Gasteiger partial charge on any atom is -0.366 e. The van der Waals surface area contributed by atoms with E-state index in [1.807, 2.05) is 18.2 Å². The molecular weight excluding hydrogens is 378 g/mol. The van der Waals surface area contributed by atoms with Gasteiger partial charge in [-0.05, 0) is 52.4 Å². The Morgan fingerprint density at radius 3 is 2.70 bits per heavy atom. The molecule has 0 saturated carbocycles. The van der Waals surface area contributed by atoms with Gasteiger partial charge in [0.25, 0.3) is 0 Å². The van der Waals surface area contributed by atoms with Gasteiger partial charge in [0.15, 0.2) is 0 Å². The van der Waals surface area contributed by atoms with E-state index in [2.05, 4.69) is 37.5 Å². The highest BCUT2D eigenvalue weighted by atomic mass is 79.9. The first-order valence-corrected chi connectivity index (χ1v) is 8.47. The highest BCUT2D eigenvalue weighted by Gasteiger charge is 2.10. The number of hydrogen-bond acceptors (Lipinski definition) is 5. The standard InChI is InChI=1S/C15H12BrN5OS/c16-12-3-1-2-10(8-12)9-23-15-18-19-20-21(15)13-6-4-11(5-7-13)14(17)22/h1-8H,9H2,(H2,17,22). The first kappa shape index (κ1) is 15.7. The van der Waals surface area contributed by atoms with Crippen LogP contribution >= 0.6 is 27.7 Å². The summed E-state index contributed by atoms with van der Waals surface area (Å²) in [5.41, 5.74) is 7.64. The van der Waals surface area contributed by atoms with Crippen molar-refractivity contribution in [2.75, 3.05) is 0 Å². The Hall–Kier alpha value is -2.19. The zero-order valence-corrected chi connectivity index (χ0v) is 14.3. The highest BCUT2D eigenvalue weighted by Crippen LogP contribution is 2.24. The van der Waals surface area contributed by atoms with Crippen molar-refractivity contribution in [2.45, 2.75) is 10.9 Å². The van der Waals surface area contributed by atoms with Crippen LogP contribution in [-0.4, -0.2) is 26.1 Å². The highest BCUT2D eigenvalue weighted by molar-refractivity contribution is 9.10. The molecule has 0 fully saturated rings. The molecule has 0 unspecified atom stereocenters. The molecule has 3 rings (SSSR count). The number of amides is 1. The molecule has 1 amide bonds. The number of aromatic nitrogens is 4. The summed E-state index contributed by atoms with van der Waals surface area (Å²) in [6.45, 7) is 0. The topological polar surface area (TPSA) is 86.7 Å². The smallest absolute Gasteiger partial charge is 0.248 e. The second-order valence-corrected chi connectivity index (χ2v) is 6.56. The maximum absolute atomic E-state index is 11.1. The summed E-state index contributed by atoms with van der Waals surface area (Å²) < 4.78 is 2.67. The van der Waals surface area contributed by atoms with Crippen LogP contribution in [0.3, 0.4) is 0 Å². The van der Waals surface area contributed by atoms with E-state index in [0.29, 0.717) is 10.7 Å². The van der Waals surface area contributed by atoms with Crippen LogP contribution in [0.25, 0.3) is 5.69 Å². The third kappa shape index (κ3) is 3.77. The largest absolute Gasteiger partial charge is 0.366 e. The number of rotatable bonds is 5. The van der Waals surface area contributed by atoms with Gasteiger partial charge in [-0.15, -0.1) is 5.10 Å². The van der Waals surface area contributed by atoms with E-state index < -0.39 is 5.91 Å². The molecule has 0 aliphatic carbocycles. The summed E-state index contributed by atoms with van der Waals surface area (Å²) in [5.74, 6) is 0.289. The Morgan fingerprint density at radius 2 is 2.00 bits per heavy atom. The molecule has 6 nitrogen and oxygen atoms in total.